The number of methoxy groups -OCH3 is 1. The summed E-state index contributed by atoms with van der Waals surface area (Å²) in [7, 11) is 3.14. The molecule has 144 valence electrons. The Morgan fingerprint density at radius 3 is 2.56 bits per heavy atom. The van der Waals surface area contributed by atoms with Crippen molar-refractivity contribution in [3.8, 4) is 0 Å². The van der Waals surface area contributed by atoms with E-state index >= 15 is 0 Å². The molecule has 1 unspecified atom stereocenters. The van der Waals surface area contributed by atoms with Gasteiger partial charge in [-0.05, 0) is 36.8 Å². The Morgan fingerprint density at radius 1 is 1.30 bits per heavy atom. The van der Waals surface area contributed by atoms with Gasteiger partial charge in [-0.3, -0.25) is 14.9 Å². The molecule has 2 rings (SSSR count). The van der Waals surface area contributed by atoms with Gasteiger partial charge in [-0.2, -0.15) is 0 Å². The summed E-state index contributed by atoms with van der Waals surface area (Å²) < 4.78 is 18.0. The first-order chi connectivity index (χ1) is 12.8. The lowest BCUT2D eigenvalue weighted by atomic mass is 10.1. The van der Waals surface area contributed by atoms with E-state index in [9.17, 15) is 19.3 Å². The van der Waals surface area contributed by atoms with Crippen molar-refractivity contribution in [2.24, 2.45) is 0 Å². The van der Waals surface area contributed by atoms with Crippen molar-refractivity contribution in [1.29, 1.82) is 0 Å². The second-order valence-electron chi connectivity index (χ2n) is 6.05. The van der Waals surface area contributed by atoms with E-state index in [1.54, 1.807) is 32.2 Å². The van der Waals surface area contributed by atoms with E-state index in [2.05, 4.69) is 5.32 Å². The summed E-state index contributed by atoms with van der Waals surface area (Å²) in [6.45, 7) is 2.61. The predicted molar refractivity (Wildman–Crippen MR) is 100 cm³/mol. The van der Waals surface area contributed by atoms with Gasteiger partial charge in [0.25, 0.3) is 11.6 Å². The van der Waals surface area contributed by atoms with Gasteiger partial charge >= 0.3 is 0 Å². The number of nitro benzene ring substituents is 1. The Hall–Kier alpha value is -3.00. The minimum atomic E-state index is -0.532. The fourth-order valence-corrected chi connectivity index (χ4v) is 2.60. The highest BCUT2D eigenvalue weighted by Gasteiger charge is 2.22. The van der Waals surface area contributed by atoms with Crippen LogP contribution in [0.15, 0.2) is 42.5 Å². The maximum absolute atomic E-state index is 13.1. The zero-order valence-corrected chi connectivity index (χ0v) is 15.4. The van der Waals surface area contributed by atoms with Crippen molar-refractivity contribution in [3.63, 3.8) is 0 Å². The number of carbonyl (C=O) groups is 1. The molecule has 1 amide bonds. The van der Waals surface area contributed by atoms with Gasteiger partial charge in [0, 0.05) is 32.3 Å². The number of nitro groups is 1. The van der Waals surface area contributed by atoms with Crippen LogP contribution in [0.3, 0.4) is 0 Å². The fourth-order valence-electron chi connectivity index (χ4n) is 2.60. The van der Waals surface area contributed by atoms with Crippen LogP contribution in [0, 0.1) is 15.9 Å². The highest BCUT2D eigenvalue weighted by molar-refractivity contribution is 5.95. The van der Waals surface area contributed by atoms with Crippen LogP contribution in [0.1, 0.15) is 28.9 Å². The molecule has 0 aliphatic rings. The molecular formula is C19H22FN3O4. The summed E-state index contributed by atoms with van der Waals surface area (Å²) in [5.41, 5.74) is 1.11. The number of hydrogen-bond donors (Lipinski definition) is 1. The molecule has 0 heterocycles. The van der Waals surface area contributed by atoms with Gasteiger partial charge in [0.1, 0.15) is 11.5 Å². The number of nitrogens with zero attached hydrogens (tertiary/aromatic N) is 2. The number of benzene rings is 2. The van der Waals surface area contributed by atoms with Crippen LogP contribution < -0.4 is 5.32 Å². The summed E-state index contributed by atoms with van der Waals surface area (Å²) in [5, 5.41) is 14.3. The van der Waals surface area contributed by atoms with Crippen LogP contribution in [0.5, 0.6) is 0 Å². The minimum absolute atomic E-state index is 0.181. The van der Waals surface area contributed by atoms with E-state index in [0.29, 0.717) is 18.8 Å². The number of ether oxygens (including phenoxy) is 1. The first kappa shape index (κ1) is 20.3. The molecule has 0 aliphatic heterocycles. The molecule has 0 aromatic heterocycles. The molecule has 27 heavy (non-hydrogen) atoms. The summed E-state index contributed by atoms with van der Waals surface area (Å²) in [6.07, 6.45) is 0. The molecule has 2 aromatic carbocycles. The first-order valence-electron chi connectivity index (χ1n) is 8.39. The highest BCUT2D eigenvalue weighted by atomic mass is 19.1. The van der Waals surface area contributed by atoms with E-state index in [0.717, 1.165) is 5.56 Å². The molecule has 0 spiro atoms. The molecular weight excluding hydrogens is 353 g/mol. The molecule has 1 atom stereocenters. The standard InChI is InChI=1S/C19H22FN3O4/c1-13(14-4-7-16(20)8-5-14)22(2)19(24)15-6-9-17(21-10-11-27-3)18(12-15)23(25)26/h4-9,12-13,21H,10-11H2,1-3H3. The molecule has 0 saturated heterocycles. The zero-order chi connectivity index (χ0) is 20.0. The predicted octanol–water partition coefficient (Wildman–Crippen LogP) is 3.63. The van der Waals surface area contributed by atoms with Crippen molar-refractivity contribution in [3.05, 3.63) is 69.5 Å². The Labute approximate surface area is 156 Å². The molecule has 0 fully saturated rings. The molecule has 7 nitrogen and oxygen atoms in total. The lowest BCUT2D eigenvalue weighted by Gasteiger charge is -2.25. The zero-order valence-electron chi connectivity index (χ0n) is 15.4. The smallest absolute Gasteiger partial charge is 0.293 e. The third-order valence-electron chi connectivity index (χ3n) is 4.32. The van der Waals surface area contributed by atoms with Gasteiger partial charge in [0.2, 0.25) is 0 Å². The van der Waals surface area contributed by atoms with Crippen molar-refractivity contribution >= 4 is 17.3 Å². The molecule has 0 radical (unpaired) electrons. The number of rotatable bonds is 8. The quantitative estimate of drug-likeness (QED) is 0.433. The average Bonchev–Trinajstić information content (AvgIpc) is 2.67. The first-order valence-corrected chi connectivity index (χ1v) is 8.39. The van der Waals surface area contributed by atoms with Crippen LogP contribution in [-0.4, -0.2) is 43.0 Å². The third kappa shape index (κ3) is 5.01. The second kappa shape index (κ2) is 9.09. The van der Waals surface area contributed by atoms with Crippen LogP contribution in [-0.2, 0) is 4.74 Å². The van der Waals surface area contributed by atoms with Crippen LogP contribution in [0.25, 0.3) is 0 Å². The van der Waals surface area contributed by atoms with E-state index in [-0.39, 0.29) is 29.0 Å². The van der Waals surface area contributed by atoms with Gasteiger partial charge in [-0.25, -0.2) is 4.39 Å². The van der Waals surface area contributed by atoms with E-state index in [1.807, 2.05) is 0 Å². The second-order valence-corrected chi connectivity index (χ2v) is 6.05. The highest BCUT2D eigenvalue weighted by Crippen LogP contribution is 2.27. The van der Waals surface area contributed by atoms with E-state index < -0.39 is 4.92 Å². The number of amides is 1. The molecule has 0 bridgehead atoms. The van der Waals surface area contributed by atoms with Crippen molar-refractivity contribution in [1.82, 2.24) is 4.90 Å². The molecule has 0 saturated carbocycles. The number of anilines is 1. The monoisotopic (exact) mass is 375 g/mol. The number of halogens is 1. The number of hydrogen-bond acceptors (Lipinski definition) is 5. The summed E-state index contributed by atoms with van der Waals surface area (Å²) in [5.74, 6) is -0.717. The number of carbonyl (C=O) groups excluding carboxylic acids is 1. The fraction of sp³-hybridized carbons (Fsp3) is 0.316. The van der Waals surface area contributed by atoms with Crippen LogP contribution in [0.2, 0.25) is 0 Å². The maximum atomic E-state index is 13.1. The Kier molecular flexibility index (Phi) is 6.84. The largest absolute Gasteiger partial charge is 0.383 e. The van der Waals surface area contributed by atoms with Crippen LogP contribution >= 0.6 is 0 Å². The van der Waals surface area contributed by atoms with Gasteiger partial charge in [0.05, 0.1) is 17.6 Å². The normalized spacial score (nSPS) is 11.7. The van der Waals surface area contributed by atoms with Gasteiger partial charge in [0.15, 0.2) is 0 Å². The Bertz CT molecular complexity index is 811. The van der Waals surface area contributed by atoms with Crippen molar-refractivity contribution in [2.75, 3.05) is 32.6 Å². The Morgan fingerprint density at radius 2 is 1.96 bits per heavy atom. The third-order valence-corrected chi connectivity index (χ3v) is 4.32. The van der Waals surface area contributed by atoms with Crippen molar-refractivity contribution < 1.29 is 18.8 Å². The van der Waals surface area contributed by atoms with E-state index in [1.165, 1.54) is 36.3 Å². The summed E-state index contributed by atoms with van der Waals surface area (Å²) >= 11 is 0. The number of nitrogens with one attached hydrogen (secondary N) is 1. The van der Waals surface area contributed by atoms with Gasteiger partial charge in [-0.1, -0.05) is 12.1 Å². The SMILES string of the molecule is COCCNc1ccc(C(=O)N(C)C(C)c2ccc(F)cc2)cc1[N+](=O)[O-]. The summed E-state index contributed by atoms with van der Waals surface area (Å²) in [6, 6.07) is 9.85. The molecule has 1 N–H and O–H groups in total. The van der Waals surface area contributed by atoms with Crippen LogP contribution in [0.4, 0.5) is 15.8 Å². The van der Waals surface area contributed by atoms with Gasteiger partial charge in [-0.15, -0.1) is 0 Å². The van der Waals surface area contributed by atoms with Crippen molar-refractivity contribution in [2.45, 2.75) is 13.0 Å². The molecule has 2 aromatic rings. The maximum Gasteiger partial charge on any atom is 0.293 e. The molecule has 0 aliphatic carbocycles. The van der Waals surface area contributed by atoms with E-state index in [4.69, 9.17) is 4.74 Å². The lowest BCUT2D eigenvalue weighted by molar-refractivity contribution is -0.384. The average molecular weight is 375 g/mol. The van der Waals surface area contributed by atoms with Gasteiger partial charge < -0.3 is 15.0 Å². The topological polar surface area (TPSA) is 84.7 Å². The Balaban J connectivity index is 2.22. The molecule has 8 heteroatoms. The minimum Gasteiger partial charge on any atom is -0.383 e. The lowest BCUT2D eigenvalue weighted by Crippen LogP contribution is -2.29. The summed E-state index contributed by atoms with van der Waals surface area (Å²) in [4.78, 5) is 25.1.